The molecule has 8 nitrogen and oxygen atoms in total. The van der Waals surface area contributed by atoms with Crippen molar-refractivity contribution in [2.24, 2.45) is 0 Å². The number of nitrogens with one attached hydrogen (secondary N) is 1. The van der Waals surface area contributed by atoms with Gasteiger partial charge in [0.1, 0.15) is 4.21 Å². The lowest BCUT2D eigenvalue weighted by Crippen LogP contribution is -2.49. The SMILES string of the molecule is Cc1[nH]c(C(=O)CN2CCN(S(=O)(=O)c3cccs3)CC2)c(C)c1C(=O)O. The molecular formula is C17H21N3O5S2. The van der Waals surface area contributed by atoms with E-state index in [2.05, 4.69) is 4.98 Å². The van der Waals surface area contributed by atoms with Gasteiger partial charge in [-0.05, 0) is 30.9 Å². The number of ketones is 1. The smallest absolute Gasteiger partial charge is 0.337 e. The number of hydrogen-bond donors (Lipinski definition) is 2. The van der Waals surface area contributed by atoms with E-state index in [1.807, 2.05) is 4.90 Å². The van der Waals surface area contributed by atoms with E-state index in [9.17, 15) is 23.1 Å². The Hall–Kier alpha value is -2.01. The first-order chi connectivity index (χ1) is 12.7. The van der Waals surface area contributed by atoms with Crippen molar-refractivity contribution in [1.29, 1.82) is 0 Å². The fourth-order valence-corrected chi connectivity index (χ4v) is 5.86. The van der Waals surface area contributed by atoms with Crippen LogP contribution < -0.4 is 0 Å². The highest BCUT2D eigenvalue weighted by atomic mass is 32.2. The first kappa shape index (κ1) is 19.7. The number of aryl methyl sites for hydroxylation is 1. The van der Waals surface area contributed by atoms with E-state index in [4.69, 9.17) is 0 Å². The molecule has 2 N–H and O–H groups in total. The Labute approximate surface area is 161 Å². The maximum atomic E-state index is 12.6. The number of carboxylic acids is 1. The average Bonchev–Trinajstić information content (AvgIpc) is 3.24. The zero-order chi connectivity index (χ0) is 19.8. The van der Waals surface area contributed by atoms with Gasteiger partial charge in [-0.1, -0.05) is 6.07 Å². The number of H-pyrrole nitrogens is 1. The molecule has 0 bridgehead atoms. The lowest BCUT2D eigenvalue weighted by molar-refractivity contribution is 0.0695. The Kier molecular flexibility index (Phi) is 5.52. The molecule has 10 heteroatoms. The van der Waals surface area contributed by atoms with Gasteiger partial charge in [0.25, 0.3) is 10.0 Å². The molecule has 1 aliphatic heterocycles. The van der Waals surface area contributed by atoms with Gasteiger partial charge in [-0.2, -0.15) is 4.31 Å². The van der Waals surface area contributed by atoms with Crippen molar-refractivity contribution in [3.05, 3.63) is 40.0 Å². The van der Waals surface area contributed by atoms with Crippen LogP contribution >= 0.6 is 11.3 Å². The molecule has 146 valence electrons. The summed E-state index contributed by atoms with van der Waals surface area (Å²) < 4.78 is 26.8. The third-order valence-electron chi connectivity index (χ3n) is 4.72. The summed E-state index contributed by atoms with van der Waals surface area (Å²) in [5.41, 5.74) is 1.32. The van der Waals surface area contributed by atoms with Gasteiger partial charge in [0.15, 0.2) is 5.78 Å². The summed E-state index contributed by atoms with van der Waals surface area (Å²) in [4.78, 5) is 28.6. The van der Waals surface area contributed by atoms with E-state index >= 15 is 0 Å². The van der Waals surface area contributed by atoms with Crippen LogP contribution in [0.5, 0.6) is 0 Å². The minimum absolute atomic E-state index is 0.118. The first-order valence-corrected chi connectivity index (χ1v) is 10.8. The van der Waals surface area contributed by atoms with Crippen molar-refractivity contribution in [3.8, 4) is 0 Å². The van der Waals surface area contributed by atoms with Crippen molar-refractivity contribution in [1.82, 2.24) is 14.2 Å². The molecule has 1 aliphatic rings. The van der Waals surface area contributed by atoms with E-state index in [0.29, 0.717) is 47.3 Å². The lowest BCUT2D eigenvalue weighted by atomic mass is 10.1. The van der Waals surface area contributed by atoms with Gasteiger partial charge in [0.2, 0.25) is 0 Å². The molecule has 0 amide bonds. The molecule has 0 unspecified atom stereocenters. The van der Waals surface area contributed by atoms with Crippen molar-refractivity contribution >= 4 is 33.1 Å². The zero-order valence-electron chi connectivity index (χ0n) is 15.1. The summed E-state index contributed by atoms with van der Waals surface area (Å²) in [6.45, 7) is 4.88. The van der Waals surface area contributed by atoms with Crippen LogP contribution in [-0.4, -0.2) is 72.2 Å². The van der Waals surface area contributed by atoms with E-state index < -0.39 is 16.0 Å². The number of carboxylic acid groups (broad SMARTS) is 1. The number of aromatic carboxylic acids is 1. The van der Waals surface area contributed by atoms with Gasteiger partial charge < -0.3 is 10.1 Å². The highest BCUT2D eigenvalue weighted by molar-refractivity contribution is 7.91. The standard InChI is InChI=1S/C17H21N3O5S2/c1-11-15(17(22)23)12(2)18-16(11)13(21)10-19-5-7-20(8-6-19)27(24,25)14-4-3-9-26-14/h3-4,9,18H,5-8,10H2,1-2H3,(H,22,23). The van der Waals surface area contributed by atoms with Crippen molar-refractivity contribution < 1.29 is 23.1 Å². The number of aromatic amines is 1. The van der Waals surface area contributed by atoms with Crippen molar-refractivity contribution in [2.45, 2.75) is 18.1 Å². The second-order valence-corrected chi connectivity index (χ2v) is 9.58. The van der Waals surface area contributed by atoms with Crippen molar-refractivity contribution in [3.63, 3.8) is 0 Å². The van der Waals surface area contributed by atoms with E-state index in [1.54, 1.807) is 31.4 Å². The molecule has 0 saturated carbocycles. The number of thiophene rings is 1. The molecule has 3 heterocycles. The number of rotatable bonds is 6. The first-order valence-electron chi connectivity index (χ1n) is 8.43. The number of hydrogen-bond acceptors (Lipinski definition) is 6. The third-order valence-corrected chi connectivity index (χ3v) is 7.99. The topological polar surface area (TPSA) is 111 Å². The van der Waals surface area contributed by atoms with Crippen molar-refractivity contribution in [2.75, 3.05) is 32.7 Å². The largest absolute Gasteiger partial charge is 0.478 e. The van der Waals surface area contributed by atoms with E-state index in [-0.39, 0.29) is 17.9 Å². The number of aromatic nitrogens is 1. The fourth-order valence-electron chi connectivity index (χ4n) is 3.30. The second-order valence-electron chi connectivity index (χ2n) is 6.47. The van der Waals surface area contributed by atoms with E-state index in [1.165, 1.54) is 15.6 Å². The van der Waals surface area contributed by atoms with Crippen LogP contribution in [0.2, 0.25) is 0 Å². The Morgan fingerprint density at radius 3 is 2.41 bits per heavy atom. The van der Waals surface area contributed by atoms with Gasteiger partial charge in [0.05, 0.1) is 17.8 Å². The number of sulfonamides is 1. The summed E-state index contributed by atoms with van der Waals surface area (Å²) in [7, 11) is -3.47. The fraction of sp³-hybridized carbons (Fsp3) is 0.412. The summed E-state index contributed by atoms with van der Waals surface area (Å²) in [6.07, 6.45) is 0. The van der Waals surface area contributed by atoms with Gasteiger partial charge in [-0.15, -0.1) is 11.3 Å². The number of piperazine rings is 1. The van der Waals surface area contributed by atoms with Gasteiger partial charge >= 0.3 is 5.97 Å². The van der Waals surface area contributed by atoms with Crippen LogP contribution in [0.25, 0.3) is 0 Å². The van der Waals surface area contributed by atoms with Crippen LogP contribution in [-0.2, 0) is 10.0 Å². The lowest BCUT2D eigenvalue weighted by Gasteiger charge is -2.33. The molecule has 2 aromatic rings. The van der Waals surface area contributed by atoms with Gasteiger partial charge in [-0.3, -0.25) is 9.69 Å². The average molecular weight is 412 g/mol. The minimum atomic E-state index is -3.47. The molecule has 0 aromatic carbocycles. The quantitative estimate of drug-likeness (QED) is 0.698. The Morgan fingerprint density at radius 2 is 1.89 bits per heavy atom. The molecule has 2 aromatic heterocycles. The highest BCUT2D eigenvalue weighted by Gasteiger charge is 2.30. The Bertz CT molecular complexity index is 955. The number of nitrogens with zero attached hydrogens (tertiary/aromatic N) is 2. The number of carbonyl (C=O) groups excluding carboxylic acids is 1. The predicted octanol–water partition coefficient (Wildman–Crippen LogP) is 1.58. The Balaban J connectivity index is 1.64. The van der Waals surface area contributed by atoms with Gasteiger partial charge in [-0.25, -0.2) is 13.2 Å². The summed E-state index contributed by atoms with van der Waals surface area (Å²) in [5.74, 6) is -1.26. The predicted molar refractivity (Wildman–Crippen MR) is 101 cm³/mol. The summed E-state index contributed by atoms with van der Waals surface area (Å²) >= 11 is 1.19. The zero-order valence-corrected chi connectivity index (χ0v) is 16.7. The molecule has 0 aliphatic carbocycles. The van der Waals surface area contributed by atoms with Gasteiger partial charge in [0, 0.05) is 31.9 Å². The van der Waals surface area contributed by atoms with Crippen LogP contribution in [0, 0.1) is 13.8 Å². The summed E-state index contributed by atoms with van der Waals surface area (Å²) in [5, 5.41) is 11.0. The van der Waals surface area contributed by atoms with E-state index in [0.717, 1.165) is 0 Å². The molecule has 27 heavy (non-hydrogen) atoms. The van der Waals surface area contributed by atoms with Crippen LogP contribution in [0.1, 0.15) is 32.1 Å². The second kappa shape index (κ2) is 7.55. The maximum Gasteiger partial charge on any atom is 0.337 e. The highest BCUT2D eigenvalue weighted by Crippen LogP contribution is 2.22. The normalized spacial score (nSPS) is 16.5. The molecule has 1 fully saturated rings. The maximum absolute atomic E-state index is 12.6. The minimum Gasteiger partial charge on any atom is -0.478 e. The molecule has 3 rings (SSSR count). The molecule has 0 radical (unpaired) electrons. The van der Waals surface area contributed by atoms with Crippen LogP contribution in [0.15, 0.2) is 21.7 Å². The molecular weight excluding hydrogens is 390 g/mol. The summed E-state index contributed by atoms with van der Waals surface area (Å²) in [6, 6.07) is 3.30. The molecule has 0 atom stereocenters. The number of carbonyl (C=O) groups is 2. The molecule has 1 saturated heterocycles. The molecule has 0 spiro atoms. The Morgan fingerprint density at radius 1 is 1.22 bits per heavy atom. The van der Waals surface area contributed by atoms with Crippen LogP contribution in [0.3, 0.4) is 0 Å². The van der Waals surface area contributed by atoms with Crippen LogP contribution in [0.4, 0.5) is 0 Å². The monoisotopic (exact) mass is 411 g/mol. The number of Topliss-reactive ketones (excluding diaryl/α,β-unsaturated/α-hetero) is 1. The third kappa shape index (κ3) is 3.84.